The van der Waals surface area contributed by atoms with Crippen LogP contribution in [0.15, 0.2) is 23.3 Å². The topological polar surface area (TPSA) is 90.4 Å². The summed E-state index contributed by atoms with van der Waals surface area (Å²) in [6.07, 6.45) is 1.60. The molecule has 0 atom stereocenters. The highest BCUT2D eigenvalue weighted by molar-refractivity contribution is 5.93. The van der Waals surface area contributed by atoms with Gasteiger partial charge in [-0.1, -0.05) is 62.3 Å². The molecular formula is C23H34N4O2. The summed E-state index contributed by atoms with van der Waals surface area (Å²) in [6.45, 7) is 18.5. The second-order valence-electron chi connectivity index (χ2n) is 10.6. The van der Waals surface area contributed by atoms with Gasteiger partial charge in [0, 0.05) is 22.2 Å². The van der Waals surface area contributed by atoms with Crippen LogP contribution in [0.25, 0.3) is 0 Å². The van der Waals surface area contributed by atoms with Gasteiger partial charge in [-0.05, 0) is 34.6 Å². The number of phenols is 1. The molecule has 0 saturated heterocycles. The molecule has 1 aromatic carbocycles. The van der Waals surface area contributed by atoms with Crippen molar-refractivity contribution in [3.05, 3.63) is 46.3 Å². The lowest BCUT2D eigenvalue weighted by Gasteiger charge is -2.27. The summed E-state index contributed by atoms with van der Waals surface area (Å²) in [7, 11) is 0. The molecule has 0 aliphatic rings. The first-order valence-electron chi connectivity index (χ1n) is 9.88. The Hall–Kier alpha value is -2.63. The molecule has 0 unspecified atom stereocenters. The molecule has 1 heterocycles. The number of hydrogen-bond acceptors (Lipinski definition) is 4. The van der Waals surface area contributed by atoms with Gasteiger partial charge in [0.1, 0.15) is 5.75 Å². The first-order valence-corrected chi connectivity index (χ1v) is 9.88. The summed E-state index contributed by atoms with van der Waals surface area (Å²) in [5.74, 6) is -0.0590. The molecule has 0 saturated carbocycles. The summed E-state index contributed by atoms with van der Waals surface area (Å²) in [4.78, 5) is 12.3. The lowest BCUT2D eigenvalue weighted by Crippen LogP contribution is -2.19. The van der Waals surface area contributed by atoms with Gasteiger partial charge in [0.15, 0.2) is 5.69 Å². The molecule has 2 rings (SSSR count). The second-order valence-corrected chi connectivity index (χ2v) is 10.6. The van der Waals surface area contributed by atoms with Crippen molar-refractivity contribution in [2.75, 3.05) is 0 Å². The first-order chi connectivity index (χ1) is 13.1. The highest BCUT2D eigenvalue weighted by Crippen LogP contribution is 2.39. The maximum Gasteiger partial charge on any atom is 0.291 e. The van der Waals surface area contributed by atoms with E-state index in [0.29, 0.717) is 11.4 Å². The molecule has 0 radical (unpaired) electrons. The molecule has 0 aliphatic heterocycles. The number of aromatic nitrogens is 2. The number of aromatic hydroxyl groups is 1. The van der Waals surface area contributed by atoms with Crippen molar-refractivity contribution in [2.45, 2.75) is 78.6 Å². The number of amides is 1. The number of nitrogens with zero attached hydrogens (tertiary/aromatic N) is 2. The van der Waals surface area contributed by atoms with Crippen LogP contribution < -0.4 is 5.43 Å². The number of phenolic OH excluding ortho intramolecular Hbond substituents is 1. The zero-order valence-electron chi connectivity index (χ0n) is 19.1. The third kappa shape index (κ3) is 5.46. The Morgan fingerprint density at radius 2 is 1.48 bits per heavy atom. The van der Waals surface area contributed by atoms with Gasteiger partial charge in [0.05, 0.1) is 6.21 Å². The average Bonchev–Trinajstić information content (AvgIpc) is 3.04. The second kappa shape index (κ2) is 7.65. The average molecular weight is 399 g/mol. The predicted molar refractivity (Wildman–Crippen MR) is 118 cm³/mol. The van der Waals surface area contributed by atoms with Crippen LogP contribution in [0.1, 0.15) is 95.2 Å². The van der Waals surface area contributed by atoms with Crippen molar-refractivity contribution in [1.82, 2.24) is 15.6 Å². The fraction of sp³-hybridized carbons (Fsp3) is 0.522. The molecule has 0 fully saturated rings. The van der Waals surface area contributed by atoms with E-state index in [9.17, 15) is 9.90 Å². The fourth-order valence-electron chi connectivity index (χ4n) is 2.92. The summed E-state index contributed by atoms with van der Waals surface area (Å²) < 4.78 is 0. The molecular weight excluding hydrogens is 364 g/mol. The van der Waals surface area contributed by atoms with Gasteiger partial charge in [0.2, 0.25) is 0 Å². The van der Waals surface area contributed by atoms with E-state index in [1.54, 1.807) is 12.3 Å². The molecule has 2 aromatic rings. The highest BCUT2D eigenvalue weighted by atomic mass is 16.3. The smallest absolute Gasteiger partial charge is 0.291 e. The number of hydrazone groups is 1. The van der Waals surface area contributed by atoms with Crippen LogP contribution in [0.4, 0.5) is 0 Å². The van der Waals surface area contributed by atoms with Gasteiger partial charge in [-0.2, -0.15) is 10.2 Å². The molecule has 0 bridgehead atoms. The summed E-state index contributed by atoms with van der Waals surface area (Å²) >= 11 is 0. The third-order valence-electron chi connectivity index (χ3n) is 4.75. The Bertz CT molecular complexity index is 885. The third-order valence-corrected chi connectivity index (χ3v) is 4.75. The SMILES string of the molecule is CC(C)(C)c1cc(C(=O)N/N=C\c2cc(C(C)(C)C)c(O)c(C(C)(C)C)c2)n[nH]1. The lowest BCUT2D eigenvalue weighted by molar-refractivity contribution is 0.0950. The first kappa shape index (κ1) is 22.7. The van der Waals surface area contributed by atoms with E-state index >= 15 is 0 Å². The number of aromatic amines is 1. The highest BCUT2D eigenvalue weighted by Gasteiger charge is 2.26. The van der Waals surface area contributed by atoms with Crippen LogP contribution in [0.5, 0.6) is 5.75 Å². The number of H-pyrrole nitrogens is 1. The molecule has 3 N–H and O–H groups in total. The quantitative estimate of drug-likeness (QED) is 0.514. The van der Waals surface area contributed by atoms with E-state index in [-0.39, 0.29) is 22.2 Å². The minimum absolute atomic E-state index is 0.118. The number of benzene rings is 1. The number of carbonyl (C=O) groups is 1. The zero-order valence-corrected chi connectivity index (χ0v) is 19.1. The number of hydrogen-bond donors (Lipinski definition) is 3. The normalized spacial score (nSPS) is 13.1. The van der Waals surface area contributed by atoms with Gasteiger partial charge < -0.3 is 5.11 Å². The Morgan fingerprint density at radius 3 is 1.90 bits per heavy atom. The Morgan fingerprint density at radius 1 is 0.966 bits per heavy atom. The van der Waals surface area contributed by atoms with Crippen molar-refractivity contribution >= 4 is 12.1 Å². The van der Waals surface area contributed by atoms with Crippen LogP contribution >= 0.6 is 0 Å². The van der Waals surface area contributed by atoms with E-state index in [0.717, 1.165) is 22.4 Å². The standard InChI is InChI=1S/C23H34N4O2/c1-21(2,3)15-10-14(11-16(19(15)28)22(4,5)6)13-24-27-20(29)17-12-18(26-25-17)23(7,8)9/h10-13,28H,1-9H3,(H,25,26)(H,27,29)/b24-13-. The van der Waals surface area contributed by atoms with E-state index in [1.165, 1.54) is 0 Å². The van der Waals surface area contributed by atoms with Crippen molar-refractivity contribution in [2.24, 2.45) is 5.10 Å². The Balaban J connectivity index is 2.28. The maximum absolute atomic E-state index is 12.3. The minimum atomic E-state index is -0.376. The van der Waals surface area contributed by atoms with Crippen LogP contribution in [-0.2, 0) is 16.2 Å². The molecule has 158 valence electrons. The molecule has 6 nitrogen and oxygen atoms in total. The molecule has 29 heavy (non-hydrogen) atoms. The van der Waals surface area contributed by atoms with Crippen molar-refractivity contribution in [1.29, 1.82) is 0 Å². The Kier molecular flexibility index (Phi) is 5.98. The number of carbonyl (C=O) groups excluding carboxylic acids is 1. The van der Waals surface area contributed by atoms with Gasteiger partial charge in [0.25, 0.3) is 5.91 Å². The summed E-state index contributed by atoms with van der Waals surface area (Å²) in [5.41, 5.74) is 5.65. The lowest BCUT2D eigenvalue weighted by atomic mass is 9.78. The molecule has 6 heteroatoms. The molecule has 1 amide bonds. The van der Waals surface area contributed by atoms with Gasteiger partial charge >= 0.3 is 0 Å². The van der Waals surface area contributed by atoms with Gasteiger partial charge in [-0.25, -0.2) is 5.43 Å². The van der Waals surface area contributed by atoms with Crippen molar-refractivity contribution in [3.8, 4) is 5.75 Å². The fourth-order valence-corrected chi connectivity index (χ4v) is 2.92. The van der Waals surface area contributed by atoms with E-state index < -0.39 is 0 Å². The predicted octanol–water partition coefficient (Wildman–Crippen LogP) is 4.77. The van der Waals surface area contributed by atoms with E-state index in [2.05, 4.69) is 62.3 Å². The van der Waals surface area contributed by atoms with Crippen LogP contribution in [0.2, 0.25) is 0 Å². The van der Waals surface area contributed by atoms with Gasteiger partial charge in [-0.3, -0.25) is 9.89 Å². The van der Waals surface area contributed by atoms with E-state index in [4.69, 9.17) is 0 Å². The van der Waals surface area contributed by atoms with Crippen molar-refractivity contribution < 1.29 is 9.90 Å². The minimum Gasteiger partial charge on any atom is -0.507 e. The summed E-state index contributed by atoms with van der Waals surface area (Å²) in [6, 6.07) is 5.56. The number of nitrogens with one attached hydrogen (secondary N) is 2. The maximum atomic E-state index is 12.3. The van der Waals surface area contributed by atoms with Gasteiger partial charge in [-0.15, -0.1) is 0 Å². The molecule has 0 spiro atoms. The molecule has 1 aromatic heterocycles. The van der Waals surface area contributed by atoms with Crippen LogP contribution in [0.3, 0.4) is 0 Å². The largest absolute Gasteiger partial charge is 0.507 e. The number of rotatable bonds is 3. The van der Waals surface area contributed by atoms with Crippen LogP contribution in [-0.4, -0.2) is 27.4 Å². The summed E-state index contributed by atoms with van der Waals surface area (Å²) in [5, 5.41) is 21.9. The van der Waals surface area contributed by atoms with E-state index in [1.807, 2.05) is 32.9 Å². The zero-order chi connectivity index (χ0) is 22.2. The molecule has 0 aliphatic carbocycles. The Labute approximate surface area is 173 Å². The van der Waals surface area contributed by atoms with Crippen molar-refractivity contribution in [3.63, 3.8) is 0 Å². The monoisotopic (exact) mass is 398 g/mol. The van der Waals surface area contributed by atoms with Crippen LogP contribution in [0, 0.1) is 0 Å².